The van der Waals surface area contributed by atoms with Crippen molar-refractivity contribution < 1.29 is 0 Å². The van der Waals surface area contributed by atoms with Crippen molar-refractivity contribution in [1.82, 2.24) is 14.9 Å². The molecule has 0 aliphatic heterocycles. The van der Waals surface area contributed by atoms with Gasteiger partial charge in [0, 0.05) is 12.6 Å². The summed E-state index contributed by atoms with van der Waals surface area (Å²) < 4.78 is 2.28. The summed E-state index contributed by atoms with van der Waals surface area (Å²) in [5.74, 6) is 1.42. The zero-order chi connectivity index (χ0) is 11.4. The van der Waals surface area contributed by atoms with Crippen molar-refractivity contribution in [2.45, 2.75) is 32.6 Å². The van der Waals surface area contributed by atoms with E-state index in [0.717, 1.165) is 25.1 Å². The summed E-state index contributed by atoms with van der Waals surface area (Å²) in [6.07, 6.45) is 10.7. The third kappa shape index (κ3) is 2.47. The second-order valence-electron chi connectivity index (χ2n) is 3.92. The molecule has 1 N–H and O–H groups in total. The first-order valence-corrected chi connectivity index (χ1v) is 6.08. The summed E-state index contributed by atoms with van der Waals surface area (Å²) >= 11 is 5.12. The third-order valence-electron chi connectivity index (χ3n) is 2.74. The van der Waals surface area contributed by atoms with Crippen LogP contribution in [0.1, 0.15) is 32.0 Å². The average molecular weight is 236 g/mol. The molecule has 0 radical (unpaired) electrons. The SMILES string of the molecule is CCc1n[nH]c(=S)n1/N=C\[C@@H]1CC=CCC1. The molecule has 0 bridgehead atoms. The molecule has 0 saturated carbocycles. The lowest BCUT2D eigenvalue weighted by Crippen LogP contribution is -2.06. The first-order chi connectivity index (χ1) is 7.81. The monoisotopic (exact) mass is 236 g/mol. The van der Waals surface area contributed by atoms with Crippen LogP contribution in [0.2, 0.25) is 0 Å². The molecule has 0 fully saturated rings. The van der Waals surface area contributed by atoms with Gasteiger partial charge in [-0.15, -0.1) is 0 Å². The van der Waals surface area contributed by atoms with Crippen LogP contribution in [0.15, 0.2) is 17.3 Å². The summed E-state index contributed by atoms with van der Waals surface area (Å²) in [5, 5.41) is 11.3. The van der Waals surface area contributed by atoms with Crippen molar-refractivity contribution in [3.63, 3.8) is 0 Å². The molecule has 1 heterocycles. The lowest BCUT2D eigenvalue weighted by atomic mass is 9.96. The fraction of sp³-hybridized carbons (Fsp3) is 0.545. The van der Waals surface area contributed by atoms with E-state index >= 15 is 0 Å². The summed E-state index contributed by atoms with van der Waals surface area (Å²) in [5.41, 5.74) is 0. The number of nitrogens with zero attached hydrogens (tertiary/aromatic N) is 3. The largest absolute Gasteiger partial charge is 0.250 e. The zero-order valence-electron chi connectivity index (χ0n) is 9.39. The topological polar surface area (TPSA) is 46.0 Å². The van der Waals surface area contributed by atoms with Crippen LogP contribution in [0.25, 0.3) is 0 Å². The second kappa shape index (κ2) is 5.21. The molecule has 1 aliphatic rings. The maximum absolute atomic E-state index is 5.12. The standard InChI is InChI=1S/C11H16N4S/c1-2-10-13-14-11(16)15(10)12-8-9-6-4-3-5-7-9/h3-4,8-9H,2,5-7H2,1H3,(H,14,16)/b12-8-/t9-/m1/s1. The van der Waals surface area contributed by atoms with Gasteiger partial charge in [0.2, 0.25) is 4.77 Å². The number of nitrogens with one attached hydrogen (secondary N) is 1. The minimum absolute atomic E-state index is 0.534. The van der Waals surface area contributed by atoms with Crippen LogP contribution in [0.4, 0.5) is 0 Å². The van der Waals surface area contributed by atoms with Gasteiger partial charge in [-0.1, -0.05) is 19.1 Å². The predicted octanol–water partition coefficient (Wildman–Crippen LogP) is 2.69. The van der Waals surface area contributed by atoms with Crippen molar-refractivity contribution in [1.29, 1.82) is 0 Å². The van der Waals surface area contributed by atoms with Crippen LogP contribution in [0.3, 0.4) is 0 Å². The maximum Gasteiger partial charge on any atom is 0.216 e. The fourth-order valence-electron chi connectivity index (χ4n) is 1.79. The van der Waals surface area contributed by atoms with Gasteiger partial charge in [0.05, 0.1) is 0 Å². The van der Waals surface area contributed by atoms with E-state index in [1.165, 1.54) is 6.42 Å². The molecule has 0 spiro atoms. The molecule has 1 aliphatic carbocycles. The van der Waals surface area contributed by atoms with E-state index in [1.807, 2.05) is 13.1 Å². The molecule has 0 unspecified atom stereocenters. The quantitative estimate of drug-likeness (QED) is 0.498. The Bertz CT molecular complexity index is 455. The summed E-state index contributed by atoms with van der Waals surface area (Å²) in [6.45, 7) is 2.04. The van der Waals surface area contributed by atoms with Gasteiger partial charge in [-0.2, -0.15) is 14.9 Å². The van der Waals surface area contributed by atoms with Crippen molar-refractivity contribution in [2.24, 2.45) is 11.0 Å². The Hall–Kier alpha value is -1.23. The highest BCUT2D eigenvalue weighted by molar-refractivity contribution is 7.71. The fourth-order valence-corrected chi connectivity index (χ4v) is 1.98. The predicted molar refractivity (Wildman–Crippen MR) is 67.2 cm³/mol. The molecule has 86 valence electrons. The molecular formula is C11H16N4S. The molecular weight excluding hydrogens is 220 g/mol. The number of hydrogen-bond donors (Lipinski definition) is 1. The minimum atomic E-state index is 0.534. The first kappa shape index (κ1) is 11.3. The minimum Gasteiger partial charge on any atom is -0.250 e. The second-order valence-corrected chi connectivity index (χ2v) is 4.31. The molecule has 4 nitrogen and oxygen atoms in total. The molecule has 1 aromatic heterocycles. The normalized spacial score (nSPS) is 20.7. The molecule has 1 aromatic rings. The maximum atomic E-state index is 5.12. The number of allylic oxidation sites excluding steroid dienone is 2. The molecule has 0 saturated heterocycles. The highest BCUT2D eigenvalue weighted by atomic mass is 32.1. The van der Waals surface area contributed by atoms with Crippen molar-refractivity contribution >= 4 is 18.4 Å². The van der Waals surface area contributed by atoms with Gasteiger partial charge >= 0.3 is 0 Å². The van der Waals surface area contributed by atoms with E-state index in [-0.39, 0.29) is 0 Å². The highest BCUT2D eigenvalue weighted by Crippen LogP contribution is 2.16. The first-order valence-electron chi connectivity index (χ1n) is 5.67. The van der Waals surface area contributed by atoms with E-state index in [2.05, 4.69) is 27.5 Å². The van der Waals surface area contributed by atoms with Crippen LogP contribution in [0, 0.1) is 10.7 Å². The van der Waals surface area contributed by atoms with Crippen molar-refractivity contribution in [3.8, 4) is 0 Å². The van der Waals surface area contributed by atoms with Crippen LogP contribution >= 0.6 is 12.2 Å². The van der Waals surface area contributed by atoms with Crippen LogP contribution in [-0.2, 0) is 6.42 Å². The summed E-state index contributed by atoms with van der Waals surface area (Å²) in [6, 6.07) is 0. The van der Waals surface area contributed by atoms with E-state index in [9.17, 15) is 0 Å². The molecule has 0 amide bonds. The van der Waals surface area contributed by atoms with Gasteiger partial charge in [0.25, 0.3) is 0 Å². The Balaban J connectivity index is 2.13. The highest BCUT2D eigenvalue weighted by Gasteiger charge is 2.07. The van der Waals surface area contributed by atoms with Gasteiger partial charge in [0.1, 0.15) is 0 Å². The summed E-state index contributed by atoms with van der Waals surface area (Å²) in [4.78, 5) is 0. The Morgan fingerprint density at radius 2 is 2.56 bits per heavy atom. The lowest BCUT2D eigenvalue weighted by molar-refractivity contribution is 0.620. The summed E-state index contributed by atoms with van der Waals surface area (Å²) in [7, 11) is 0. The molecule has 16 heavy (non-hydrogen) atoms. The van der Waals surface area contributed by atoms with E-state index in [4.69, 9.17) is 12.2 Å². The van der Waals surface area contributed by atoms with Gasteiger partial charge in [-0.3, -0.25) is 5.10 Å². The third-order valence-corrected chi connectivity index (χ3v) is 3.00. The Morgan fingerprint density at radius 3 is 3.25 bits per heavy atom. The zero-order valence-corrected chi connectivity index (χ0v) is 10.2. The van der Waals surface area contributed by atoms with Gasteiger partial charge in [-0.05, 0) is 37.4 Å². The molecule has 2 rings (SSSR count). The Labute approximate surface area is 100 Å². The molecule has 5 heteroatoms. The van der Waals surface area contributed by atoms with E-state index in [1.54, 1.807) is 4.68 Å². The van der Waals surface area contributed by atoms with Crippen LogP contribution in [0.5, 0.6) is 0 Å². The Kier molecular flexibility index (Phi) is 3.66. The number of rotatable bonds is 3. The molecule has 0 aromatic carbocycles. The number of aryl methyl sites for hydroxylation is 1. The smallest absolute Gasteiger partial charge is 0.216 e. The van der Waals surface area contributed by atoms with E-state index < -0.39 is 0 Å². The number of aromatic amines is 1. The lowest BCUT2D eigenvalue weighted by Gasteiger charge is -2.11. The number of H-pyrrole nitrogens is 1. The van der Waals surface area contributed by atoms with Crippen LogP contribution in [-0.4, -0.2) is 21.1 Å². The van der Waals surface area contributed by atoms with Crippen molar-refractivity contribution in [2.75, 3.05) is 0 Å². The average Bonchev–Trinajstić information content (AvgIpc) is 2.69. The van der Waals surface area contributed by atoms with E-state index in [0.29, 0.717) is 10.7 Å². The van der Waals surface area contributed by atoms with Gasteiger partial charge in [0.15, 0.2) is 5.82 Å². The van der Waals surface area contributed by atoms with Crippen molar-refractivity contribution in [3.05, 3.63) is 22.7 Å². The van der Waals surface area contributed by atoms with Gasteiger partial charge < -0.3 is 0 Å². The number of aromatic nitrogens is 3. The number of hydrogen-bond acceptors (Lipinski definition) is 3. The van der Waals surface area contributed by atoms with Crippen LogP contribution < -0.4 is 0 Å². The van der Waals surface area contributed by atoms with Gasteiger partial charge in [-0.25, -0.2) is 0 Å². The molecule has 1 atom stereocenters. The Morgan fingerprint density at radius 1 is 1.69 bits per heavy atom.